The fourth-order valence-electron chi connectivity index (χ4n) is 4.22. The zero-order chi connectivity index (χ0) is 26.4. The molecule has 1 saturated heterocycles. The molecule has 0 spiro atoms. The third-order valence-corrected chi connectivity index (χ3v) is 6.51. The third kappa shape index (κ3) is 6.18. The molecule has 0 bridgehead atoms. The largest absolute Gasteiger partial charge is 0.493 e. The van der Waals surface area contributed by atoms with Crippen LogP contribution in [0, 0.1) is 6.92 Å². The first-order valence-electron chi connectivity index (χ1n) is 11.9. The number of amides is 2. The van der Waals surface area contributed by atoms with Gasteiger partial charge < -0.3 is 24.6 Å². The molecule has 1 fully saturated rings. The van der Waals surface area contributed by atoms with E-state index in [2.05, 4.69) is 15.5 Å². The van der Waals surface area contributed by atoms with Crippen molar-refractivity contribution in [3.63, 3.8) is 0 Å². The molecule has 9 heteroatoms. The van der Waals surface area contributed by atoms with Gasteiger partial charge >= 0.3 is 0 Å². The lowest BCUT2D eigenvalue weighted by atomic mass is 10.1. The number of aryl methyl sites for hydroxylation is 1. The summed E-state index contributed by atoms with van der Waals surface area (Å²) >= 11 is 5.32. The van der Waals surface area contributed by atoms with Crippen LogP contribution < -0.4 is 25.0 Å². The Hall–Kier alpha value is -4.11. The number of ether oxygens (including phenoxy) is 2. The number of carbonyl (C=O) groups excluding carboxylic acids is 2. The molecule has 2 N–H and O–H groups in total. The van der Waals surface area contributed by atoms with E-state index in [0.29, 0.717) is 30.2 Å². The van der Waals surface area contributed by atoms with Crippen LogP contribution in [0.2, 0.25) is 0 Å². The third-order valence-electron chi connectivity index (χ3n) is 6.31. The van der Waals surface area contributed by atoms with E-state index >= 15 is 0 Å². The first kappa shape index (κ1) is 26.0. The summed E-state index contributed by atoms with van der Waals surface area (Å²) in [6.07, 6.45) is 0. The summed E-state index contributed by atoms with van der Waals surface area (Å²) in [7, 11) is 3.05. The van der Waals surface area contributed by atoms with Gasteiger partial charge in [-0.15, -0.1) is 0 Å². The molecule has 0 aliphatic carbocycles. The van der Waals surface area contributed by atoms with Gasteiger partial charge in [0.1, 0.15) is 0 Å². The van der Waals surface area contributed by atoms with Crippen LogP contribution in [0.15, 0.2) is 66.7 Å². The zero-order valence-corrected chi connectivity index (χ0v) is 21.9. The molecule has 3 aromatic carbocycles. The Morgan fingerprint density at radius 1 is 0.865 bits per heavy atom. The van der Waals surface area contributed by atoms with Gasteiger partial charge in [0.2, 0.25) is 0 Å². The van der Waals surface area contributed by atoms with Crippen LogP contribution in [0.5, 0.6) is 11.5 Å². The monoisotopic (exact) mass is 518 g/mol. The summed E-state index contributed by atoms with van der Waals surface area (Å²) in [5.41, 5.74) is 3.98. The molecule has 37 heavy (non-hydrogen) atoms. The number of benzene rings is 3. The molecular formula is C28H30N4O4S. The van der Waals surface area contributed by atoms with Gasteiger partial charge in [-0.3, -0.25) is 14.9 Å². The van der Waals surface area contributed by atoms with Gasteiger partial charge in [0.25, 0.3) is 11.8 Å². The maximum atomic E-state index is 12.9. The highest BCUT2D eigenvalue weighted by Crippen LogP contribution is 2.27. The molecule has 4 rings (SSSR count). The van der Waals surface area contributed by atoms with E-state index in [1.807, 2.05) is 60.4 Å². The number of methoxy groups -OCH3 is 2. The van der Waals surface area contributed by atoms with E-state index in [4.69, 9.17) is 21.7 Å². The minimum atomic E-state index is -0.354. The number of rotatable bonds is 6. The molecule has 8 nitrogen and oxygen atoms in total. The lowest BCUT2D eigenvalue weighted by Crippen LogP contribution is -2.48. The molecule has 0 aromatic heterocycles. The molecule has 1 aliphatic heterocycles. The number of anilines is 2. The van der Waals surface area contributed by atoms with Crippen LogP contribution in [-0.4, -0.2) is 62.2 Å². The van der Waals surface area contributed by atoms with Gasteiger partial charge in [-0.1, -0.05) is 18.2 Å². The molecule has 192 valence electrons. The molecule has 0 saturated carbocycles. The molecular weight excluding hydrogens is 488 g/mol. The minimum Gasteiger partial charge on any atom is -0.493 e. The number of carbonyl (C=O) groups is 2. The van der Waals surface area contributed by atoms with Gasteiger partial charge in [-0.25, -0.2) is 0 Å². The zero-order valence-electron chi connectivity index (χ0n) is 21.1. The lowest BCUT2D eigenvalue weighted by Gasteiger charge is -2.36. The second kappa shape index (κ2) is 11.7. The number of hydrogen-bond donors (Lipinski definition) is 2. The highest BCUT2D eigenvalue weighted by Gasteiger charge is 2.23. The first-order valence-corrected chi connectivity index (χ1v) is 12.3. The molecule has 2 amide bonds. The molecule has 0 unspecified atom stereocenters. The Bertz CT molecular complexity index is 1290. The van der Waals surface area contributed by atoms with Gasteiger partial charge in [0.05, 0.1) is 14.2 Å². The second-order valence-electron chi connectivity index (χ2n) is 8.62. The number of nitrogens with one attached hydrogen (secondary N) is 2. The summed E-state index contributed by atoms with van der Waals surface area (Å²) in [4.78, 5) is 29.6. The van der Waals surface area contributed by atoms with Crippen molar-refractivity contribution in [2.24, 2.45) is 0 Å². The average Bonchev–Trinajstić information content (AvgIpc) is 2.93. The summed E-state index contributed by atoms with van der Waals surface area (Å²) in [5.74, 6) is 0.735. The molecule has 0 radical (unpaired) electrons. The molecule has 0 atom stereocenters. The topological polar surface area (TPSA) is 83.1 Å². The van der Waals surface area contributed by atoms with Crippen LogP contribution in [0.25, 0.3) is 0 Å². The summed E-state index contributed by atoms with van der Waals surface area (Å²) in [5, 5.41) is 5.91. The smallest absolute Gasteiger partial charge is 0.257 e. The maximum absolute atomic E-state index is 12.9. The minimum absolute atomic E-state index is 0.0842. The fourth-order valence-corrected chi connectivity index (χ4v) is 4.43. The van der Waals surface area contributed by atoms with E-state index in [1.165, 1.54) is 14.2 Å². The van der Waals surface area contributed by atoms with Crippen molar-refractivity contribution in [1.82, 2.24) is 10.2 Å². The van der Waals surface area contributed by atoms with Crippen LogP contribution in [-0.2, 0) is 0 Å². The van der Waals surface area contributed by atoms with Gasteiger partial charge in [-0.2, -0.15) is 0 Å². The highest BCUT2D eigenvalue weighted by molar-refractivity contribution is 7.80. The van der Waals surface area contributed by atoms with Crippen LogP contribution in [0.4, 0.5) is 11.4 Å². The normalized spacial score (nSPS) is 13.1. The standard InChI is InChI=1S/C28H30N4O4S/c1-19-6-4-5-7-23(19)27(34)32-16-14-31(15-17-32)22-11-9-21(10-12-22)29-28(37)30-26(33)20-8-13-24(35-2)25(18-20)36-3/h4-13,18H,14-17H2,1-3H3,(H2,29,30,33,37). The van der Waals surface area contributed by atoms with E-state index in [9.17, 15) is 9.59 Å². The van der Waals surface area contributed by atoms with E-state index in [0.717, 1.165) is 35.6 Å². The van der Waals surface area contributed by atoms with Crippen molar-refractivity contribution in [3.05, 3.63) is 83.4 Å². The van der Waals surface area contributed by atoms with Crippen molar-refractivity contribution in [2.45, 2.75) is 6.92 Å². The van der Waals surface area contributed by atoms with Crippen LogP contribution >= 0.6 is 12.2 Å². The SMILES string of the molecule is COc1ccc(C(=O)NC(=S)Nc2ccc(N3CCN(C(=O)c4ccccc4C)CC3)cc2)cc1OC. The number of piperazine rings is 1. The van der Waals surface area contributed by atoms with Crippen molar-refractivity contribution < 1.29 is 19.1 Å². The summed E-state index contributed by atoms with van der Waals surface area (Å²) in [6.45, 7) is 4.81. The van der Waals surface area contributed by atoms with Gasteiger partial charge in [0.15, 0.2) is 16.6 Å². The van der Waals surface area contributed by atoms with Gasteiger partial charge in [0, 0.05) is 48.7 Å². The number of hydrogen-bond acceptors (Lipinski definition) is 6. The van der Waals surface area contributed by atoms with E-state index in [-0.39, 0.29) is 16.9 Å². The number of thiocarbonyl (C=S) groups is 1. The Morgan fingerprint density at radius 2 is 1.54 bits per heavy atom. The molecule has 1 aliphatic rings. The Kier molecular flexibility index (Phi) is 8.25. The number of nitrogens with zero attached hydrogens (tertiary/aromatic N) is 2. The Morgan fingerprint density at radius 3 is 2.19 bits per heavy atom. The van der Waals surface area contributed by atoms with Crippen molar-refractivity contribution in [1.29, 1.82) is 0 Å². The average molecular weight is 519 g/mol. The van der Waals surface area contributed by atoms with E-state index in [1.54, 1.807) is 18.2 Å². The lowest BCUT2D eigenvalue weighted by molar-refractivity contribution is 0.0746. The predicted molar refractivity (Wildman–Crippen MR) is 149 cm³/mol. The predicted octanol–water partition coefficient (Wildman–Crippen LogP) is 4.10. The van der Waals surface area contributed by atoms with Crippen LogP contribution in [0.1, 0.15) is 26.3 Å². The highest BCUT2D eigenvalue weighted by atomic mass is 32.1. The second-order valence-corrected chi connectivity index (χ2v) is 9.03. The fraction of sp³-hybridized carbons (Fsp3) is 0.250. The Labute approximate surface area is 222 Å². The van der Waals surface area contributed by atoms with E-state index < -0.39 is 0 Å². The van der Waals surface area contributed by atoms with Crippen molar-refractivity contribution in [2.75, 3.05) is 50.6 Å². The maximum Gasteiger partial charge on any atom is 0.257 e. The van der Waals surface area contributed by atoms with Gasteiger partial charge in [-0.05, 0) is 73.2 Å². The van der Waals surface area contributed by atoms with Crippen molar-refractivity contribution >= 4 is 40.5 Å². The summed E-state index contributed by atoms with van der Waals surface area (Å²) < 4.78 is 10.5. The van der Waals surface area contributed by atoms with Crippen molar-refractivity contribution in [3.8, 4) is 11.5 Å². The molecule has 3 aromatic rings. The van der Waals surface area contributed by atoms with Crippen LogP contribution in [0.3, 0.4) is 0 Å². The first-order chi connectivity index (χ1) is 17.9. The quantitative estimate of drug-likeness (QED) is 0.476. The summed E-state index contributed by atoms with van der Waals surface area (Å²) in [6, 6.07) is 20.4. The molecule has 1 heterocycles. The Balaban J connectivity index is 1.29.